The highest BCUT2D eigenvalue weighted by molar-refractivity contribution is 9.10. The topological polar surface area (TPSA) is 89.3 Å². The third kappa shape index (κ3) is 2.21. The summed E-state index contributed by atoms with van der Waals surface area (Å²) in [6.45, 7) is 0. The van der Waals surface area contributed by atoms with Crippen LogP contribution in [-0.2, 0) is 9.59 Å². The highest BCUT2D eigenvalue weighted by Gasteiger charge is 2.43. The summed E-state index contributed by atoms with van der Waals surface area (Å²) in [6.07, 6.45) is 0. The predicted molar refractivity (Wildman–Crippen MR) is 61.6 cm³/mol. The van der Waals surface area contributed by atoms with E-state index in [2.05, 4.69) is 15.9 Å². The number of imide groups is 1. The predicted octanol–water partition coefficient (Wildman–Crippen LogP) is 1.38. The number of hydrogen-bond acceptors (Lipinski definition) is 4. The first-order valence-corrected chi connectivity index (χ1v) is 5.86. The Hall–Kier alpha value is -1.90. The van der Waals surface area contributed by atoms with Crippen LogP contribution in [0.2, 0.25) is 0 Å². The van der Waals surface area contributed by atoms with Gasteiger partial charge in [0.1, 0.15) is 10.6 Å². The molecule has 2 rings (SSSR count). The number of carbonyl (C=O) groups excluding carboxylic acids is 2. The molecule has 1 aliphatic rings. The molecule has 2 amide bonds. The second-order valence-electron chi connectivity index (χ2n) is 3.82. The van der Waals surface area contributed by atoms with Crippen molar-refractivity contribution in [1.29, 1.82) is 0 Å². The maximum atomic E-state index is 13.6. The van der Waals surface area contributed by atoms with E-state index in [0.29, 0.717) is 12.1 Å². The second-order valence-corrected chi connectivity index (χ2v) is 4.80. The number of rotatable bonds is 2. The van der Waals surface area contributed by atoms with Gasteiger partial charge in [0.25, 0.3) is 0 Å². The van der Waals surface area contributed by atoms with Gasteiger partial charge in [-0.3, -0.25) is 25.0 Å². The Morgan fingerprint density at radius 2 is 1.84 bits per heavy atom. The summed E-state index contributed by atoms with van der Waals surface area (Å²) in [5.41, 5.74) is -1.36. The molecule has 9 heteroatoms. The van der Waals surface area contributed by atoms with Crippen molar-refractivity contribution in [3.8, 4) is 0 Å². The van der Waals surface area contributed by atoms with E-state index in [1.165, 1.54) is 0 Å². The molecule has 1 aromatic rings. The molecule has 1 saturated heterocycles. The summed E-state index contributed by atoms with van der Waals surface area (Å²) in [7, 11) is 0. The Labute approximate surface area is 113 Å². The highest BCUT2D eigenvalue weighted by Crippen LogP contribution is 2.34. The minimum absolute atomic E-state index is 0.323. The first kappa shape index (κ1) is 13.5. The van der Waals surface area contributed by atoms with Crippen molar-refractivity contribution in [2.75, 3.05) is 0 Å². The van der Waals surface area contributed by atoms with E-state index < -0.39 is 50.4 Å². The fraction of sp³-hybridized carbons (Fsp3) is 0.200. The van der Waals surface area contributed by atoms with Crippen LogP contribution < -0.4 is 5.32 Å². The van der Waals surface area contributed by atoms with Crippen LogP contribution in [-0.4, -0.2) is 21.6 Å². The third-order valence-electron chi connectivity index (χ3n) is 2.67. The Morgan fingerprint density at radius 1 is 1.21 bits per heavy atom. The van der Waals surface area contributed by atoms with Gasteiger partial charge in [-0.05, 0) is 0 Å². The standard InChI is InChI=1S/C10H5BrF2N2O4/c11-8-7(9(16)14-10(8)17)3-1-6(15(18)19)5(13)2-4(3)12/h1-2,7-8H,(H,14,16,17). The van der Waals surface area contributed by atoms with Crippen molar-refractivity contribution in [1.82, 2.24) is 5.32 Å². The third-order valence-corrected chi connectivity index (χ3v) is 3.61. The maximum Gasteiger partial charge on any atom is 0.305 e. The summed E-state index contributed by atoms with van der Waals surface area (Å²) in [4.78, 5) is 31.3. The van der Waals surface area contributed by atoms with E-state index in [1.807, 2.05) is 5.32 Å². The largest absolute Gasteiger partial charge is 0.305 e. The van der Waals surface area contributed by atoms with Crippen molar-refractivity contribution >= 4 is 33.4 Å². The van der Waals surface area contributed by atoms with E-state index in [4.69, 9.17) is 0 Å². The van der Waals surface area contributed by atoms with Crippen molar-refractivity contribution in [3.05, 3.63) is 39.4 Å². The second kappa shape index (κ2) is 4.65. The zero-order valence-corrected chi connectivity index (χ0v) is 10.6. The molecule has 1 heterocycles. The molecular formula is C10H5BrF2N2O4. The molecule has 0 radical (unpaired) electrons. The van der Waals surface area contributed by atoms with Crippen LogP contribution in [0.15, 0.2) is 12.1 Å². The van der Waals surface area contributed by atoms with E-state index in [0.717, 1.165) is 0 Å². The molecule has 1 fully saturated rings. The summed E-state index contributed by atoms with van der Waals surface area (Å²) in [5, 5.41) is 12.5. The molecule has 0 bridgehead atoms. The molecule has 0 spiro atoms. The fourth-order valence-electron chi connectivity index (χ4n) is 1.78. The van der Waals surface area contributed by atoms with Crippen LogP contribution in [0.1, 0.15) is 11.5 Å². The lowest BCUT2D eigenvalue weighted by Crippen LogP contribution is -2.22. The van der Waals surface area contributed by atoms with Crippen LogP contribution in [0.5, 0.6) is 0 Å². The number of nitrogens with one attached hydrogen (secondary N) is 1. The summed E-state index contributed by atoms with van der Waals surface area (Å²) in [6, 6.07) is 0.949. The smallest absolute Gasteiger partial charge is 0.295 e. The lowest BCUT2D eigenvalue weighted by Gasteiger charge is -2.11. The van der Waals surface area contributed by atoms with Crippen LogP contribution in [0.4, 0.5) is 14.5 Å². The zero-order chi connectivity index (χ0) is 14.3. The Balaban J connectivity index is 2.57. The molecule has 0 saturated carbocycles. The van der Waals surface area contributed by atoms with Crippen molar-refractivity contribution in [3.63, 3.8) is 0 Å². The van der Waals surface area contributed by atoms with Gasteiger partial charge in [0.05, 0.1) is 10.8 Å². The van der Waals surface area contributed by atoms with Gasteiger partial charge in [0.2, 0.25) is 17.6 Å². The van der Waals surface area contributed by atoms with E-state index >= 15 is 0 Å². The molecule has 2 atom stereocenters. The number of alkyl halides is 1. The average Bonchev–Trinajstić information content (AvgIpc) is 2.54. The maximum absolute atomic E-state index is 13.6. The zero-order valence-electron chi connectivity index (χ0n) is 9.02. The van der Waals surface area contributed by atoms with Gasteiger partial charge in [-0.15, -0.1) is 0 Å². The molecular weight excluding hydrogens is 330 g/mol. The summed E-state index contributed by atoms with van der Waals surface area (Å²) in [5.74, 6) is -5.22. The number of carbonyl (C=O) groups is 2. The molecule has 0 aromatic heterocycles. The number of nitrogens with zero attached hydrogens (tertiary/aromatic N) is 1. The van der Waals surface area contributed by atoms with Gasteiger partial charge in [-0.2, -0.15) is 4.39 Å². The summed E-state index contributed by atoms with van der Waals surface area (Å²) >= 11 is 2.90. The Morgan fingerprint density at radius 3 is 2.32 bits per heavy atom. The minimum Gasteiger partial charge on any atom is -0.295 e. The fourth-order valence-corrected chi connectivity index (χ4v) is 2.42. The van der Waals surface area contributed by atoms with Gasteiger partial charge in [-0.25, -0.2) is 4.39 Å². The number of halogens is 3. The van der Waals surface area contributed by atoms with Gasteiger partial charge in [-0.1, -0.05) is 15.9 Å². The van der Waals surface area contributed by atoms with E-state index in [-0.39, 0.29) is 0 Å². The molecule has 19 heavy (non-hydrogen) atoms. The van der Waals surface area contributed by atoms with Crippen molar-refractivity contribution in [2.24, 2.45) is 0 Å². The van der Waals surface area contributed by atoms with Crippen LogP contribution >= 0.6 is 15.9 Å². The number of nitro groups is 1. The SMILES string of the molecule is O=C1NC(=O)C(c2cc([N+](=O)[O-])c(F)cc2F)C1Br. The van der Waals surface area contributed by atoms with Crippen LogP contribution in [0.3, 0.4) is 0 Å². The quantitative estimate of drug-likeness (QED) is 0.383. The Kier molecular flexibility index (Phi) is 3.31. The van der Waals surface area contributed by atoms with Gasteiger partial charge >= 0.3 is 5.69 Å². The first-order valence-electron chi connectivity index (χ1n) is 4.95. The number of amides is 2. The average molecular weight is 335 g/mol. The van der Waals surface area contributed by atoms with Crippen LogP contribution in [0, 0.1) is 21.7 Å². The number of hydrogen-bond donors (Lipinski definition) is 1. The van der Waals surface area contributed by atoms with Crippen LogP contribution in [0.25, 0.3) is 0 Å². The number of benzene rings is 1. The molecule has 100 valence electrons. The normalized spacial score (nSPS) is 22.5. The molecule has 1 aromatic carbocycles. The lowest BCUT2D eigenvalue weighted by atomic mass is 9.96. The molecule has 6 nitrogen and oxygen atoms in total. The highest BCUT2D eigenvalue weighted by atomic mass is 79.9. The van der Waals surface area contributed by atoms with E-state index in [1.54, 1.807) is 0 Å². The number of nitro benzene ring substituents is 1. The first-order chi connectivity index (χ1) is 8.82. The molecule has 1 N–H and O–H groups in total. The lowest BCUT2D eigenvalue weighted by molar-refractivity contribution is -0.387. The molecule has 2 unspecified atom stereocenters. The van der Waals surface area contributed by atoms with Gasteiger partial charge in [0.15, 0.2) is 0 Å². The molecule has 0 aliphatic carbocycles. The monoisotopic (exact) mass is 334 g/mol. The van der Waals surface area contributed by atoms with Gasteiger partial charge < -0.3 is 0 Å². The molecule has 1 aliphatic heterocycles. The van der Waals surface area contributed by atoms with Gasteiger partial charge in [0, 0.05) is 17.7 Å². The minimum atomic E-state index is -1.35. The van der Waals surface area contributed by atoms with Crippen molar-refractivity contribution < 1.29 is 23.3 Å². The Bertz CT molecular complexity index is 607. The summed E-state index contributed by atoms with van der Waals surface area (Å²) < 4.78 is 26.8. The van der Waals surface area contributed by atoms with E-state index in [9.17, 15) is 28.5 Å². The van der Waals surface area contributed by atoms with Crippen molar-refractivity contribution in [2.45, 2.75) is 10.7 Å².